The number of halogens is 3. The topological polar surface area (TPSA) is 34.0 Å². The minimum atomic E-state index is -0.865. The van der Waals surface area contributed by atoms with Crippen molar-refractivity contribution in [1.82, 2.24) is 4.57 Å². The lowest BCUT2D eigenvalue weighted by molar-refractivity contribution is 0.102. The second-order valence-corrected chi connectivity index (χ2v) is 5.65. The fourth-order valence-corrected chi connectivity index (χ4v) is 2.78. The molecule has 0 saturated heterocycles. The molecule has 25 heavy (non-hydrogen) atoms. The van der Waals surface area contributed by atoms with Crippen LogP contribution in [0.2, 0.25) is 0 Å². The average Bonchev–Trinajstić information content (AvgIpc) is 2.86. The predicted molar refractivity (Wildman–Crippen MR) is 89.5 cm³/mol. The molecule has 0 aliphatic carbocycles. The second kappa shape index (κ2) is 6.47. The van der Waals surface area contributed by atoms with E-state index in [4.69, 9.17) is 0 Å². The van der Waals surface area contributed by atoms with Crippen LogP contribution >= 0.6 is 0 Å². The molecule has 0 saturated carbocycles. The Morgan fingerprint density at radius 2 is 1.68 bits per heavy atom. The molecule has 3 aromatic rings. The minimum Gasteiger partial charge on any atom is -0.319 e. The monoisotopic (exact) mass is 344 g/mol. The third kappa shape index (κ3) is 3.15. The Hall–Kier alpha value is -3.02. The van der Waals surface area contributed by atoms with E-state index in [0.29, 0.717) is 23.1 Å². The number of carbonyl (C=O) groups excluding carboxylic acids is 1. The van der Waals surface area contributed by atoms with Gasteiger partial charge in [-0.25, -0.2) is 13.2 Å². The molecule has 0 radical (unpaired) electrons. The van der Waals surface area contributed by atoms with Crippen LogP contribution in [0.25, 0.3) is 5.69 Å². The molecule has 2 aromatic carbocycles. The van der Waals surface area contributed by atoms with Crippen LogP contribution in [0, 0.1) is 31.3 Å². The minimum absolute atomic E-state index is 0.123. The first-order chi connectivity index (χ1) is 11.9. The summed E-state index contributed by atoms with van der Waals surface area (Å²) >= 11 is 0. The van der Waals surface area contributed by atoms with E-state index in [1.165, 1.54) is 6.07 Å². The van der Waals surface area contributed by atoms with Gasteiger partial charge in [-0.2, -0.15) is 0 Å². The van der Waals surface area contributed by atoms with Crippen molar-refractivity contribution in [3.63, 3.8) is 0 Å². The van der Waals surface area contributed by atoms with Crippen molar-refractivity contribution in [1.29, 1.82) is 0 Å². The Balaban J connectivity index is 1.97. The molecule has 6 heteroatoms. The summed E-state index contributed by atoms with van der Waals surface area (Å²) in [7, 11) is 0. The quantitative estimate of drug-likeness (QED) is 0.730. The maximum absolute atomic E-state index is 14.1. The normalized spacial score (nSPS) is 10.8. The highest BCUT2D eigenvalue weighted by molar-refractivity contribution is 6.05. The van der Waals surface area contributed by atoms with Gasteiger partial charge in [0.1, 0.15) is 17.5 Å². The van der Waals surface area contributed by atoms with E-state index in [0.717, 1.165) is 12.1 Å². The zero-order valence-corrected chi connectivity index (χ0v) is 13.6. The van der Waals surface area contributed by atoms with Gasteiger partial charge in [-0.3, -0.25) is 4.79 Å². The van der Waals surface area contributed by atoms with Crippen molar-refractivity contribution >= 4 is 11.6 Å². The van der Waals surface area contributed by atoms with Crippen LogP contribution in [0.5, 0.6) is 0 Å². The lowest BCUT2D eigenvalue weighted by Gasteiger charge is -2.11. The molecular weight excluding hydrogens is 329 g/mol. The Morgan fingerprint density at radius 1 is 0.960 bits per heavy atom. The molecule has 128 valence electrons. The van der Waals surface area contributed by atoms with E-state index in [1.54, 1.807) is 42.7 Å². The summed E-state index contributed by atoms with van der Waals surface area (Å²) in [5, 5.41) is 2.41. The first-order valence-corrected chi connectivity index (χ1v) is 7.58. The molecule has 1 N–H and O–H groups in total. The largest absolute Gasteiger partial charge is 0.319 e. The number of anilines is 1. The van der Waals surface area contributed by atoms with Crippen LogP contribution in [0.1, 0.15) is 21.7 Å². The summed E-state index contributed by atoms with van der Waals surface area (Å²) in [5.41, 5.74) is 1.66. The molecule has 1 amide bonds. The smallest absolute Gasteiger partial charge is 0.257 e. The third-order valence-electron chi connectivity index (χ3n) is 3.95. The van der Waals surface area contributed by atoms with Gasteiger partial charge < -0.3 is 9.88 Å². The van der Waals surface area contributed by atoms with E-state index in [2.05, 4.69) is 5.32 Å². The van der Waals surface area contributed by atoms with Gasteiger partial charge in [-0.15, -0.1) is 0 Å². The van der Waals surface area contributed by atoms with Crippen LogP contribution in [0.4, 0.5) is 18.9 Å². The van der Waals surface area contributed by atoms with Crippen molar-refractivity contribution in [2.24, 2.45) is 0 Å². The summed E-state index contributed by atoms with van der Waals surface area (Å²) in [5.74, 6) is -2.56. The number of amides is 1. The lowest BCUT2D eigenvalue weighted by atomic mass is 10.2. The Morgan fingerprint density at radius 3 is 2.36 bits per heavy atom. The Kier molecular flexibility index (Phi) is 4.35. The average molecular weight is 344 g/mol. The van der Waals surface area contributed by atoms with Crippen molar-refractivity contribution in [2.75, 3.05) is 5.32 Å². The van der Waals surface area contributed by atoms with Gasteiger partial charge >= 0.3 is 0 Å². The number of aryl methyl sites for hydroxylation is 1. The summed E-state index contributed by atoms with van der Waals surface area (Å²) in [6, 6.07) is 10.7. The molecule has 0 bridgehead atoms. The SMILES string of the molecule is Cc1cc(C(=O)Nc2ccc(F)cc2F)c(C)n1-c1ccccc1F. The summed E-state index contributed by atoms with van der Waals surface area (Å²) < 4.78 is 42.4. The summed E-state index contributed by atoms with van der Waals surface area (Å²) in [6.45, 7) is 3.42. The van der Waals surface area contributed by atoms with Crippen LogP contribution in [-0.4, -0.2) is 10.5 Å². The van der Waals surface area contributed by atoms with E-state index >= 15 is 0 Å². The van der Waals surface area contributed by atoms with Gasteiger partial charge in [0.25, 0.3) is 5.91 Å². The summed E-state index contributed by atoms with van der Waals surface area (Å²) in [6.07, 6.45) is 0. The first-order valence-electron chi connectivity index (χ1n) is 7.58. The molecule has 0 fully saturated rings. The lowest BCUT2D eigenvalue weighted by Crippen LogP contribution is -2.14. The first kappa shape index (κ1) is 16.8. The van der Waals surface area contributed by atoms with Gasteiger partial charge in [0.15, 0.2) is 0 Å². The molecule has 3 rings (SSSR count). The van der Waals surface area contributed by atoms with Crippen LogP contribution in [0.3, 0.4) is 0 Å². The molecule has 1 heterocycles. The van der Waals surface area contributed by atoms with E-state index < -0.39 is 23.4 Å². The number of carbonyl (C=O) groups is 1. The van der Waals surface area contributed by atoms with E-state index in [-0.39, 0.29) is 11.3 Å². The zero-order chi connectivity index (χ0) is 18.1. The molecular formula is C19H15F3N2O. The van der Waals surface area contributed by atoms with Crippen LogP contribution < -0.4 is 5.32 Å². The van der Waals surface area contributed by atoms with E-state index in [9.17, 15) is 18.0 Å². The predicted octanol–water partition coefficient (Wildman–Crippen LogP) is 4.76. The Labute approximate surface area is 142 Å². The molecule has 3 nitrogen and oxygen atoms in total. The number of hydrogen-bond acceptors (Lipinski definition) is 1. The fourth-order valence-electron chi connectivity index (χ4n) is 2.78. The van der Waals surface area contributed by atoms with Gasteiger partial charge in [0.05, 0.1) is 16.9 Å². The van der Waals surface area contributed by atoms with E-state index in [1.807, 2.05) is 0 Å². The van der Waals surface area contributed by atoms with Gasteiger partial charge in [-0.1, -0.05) is 12.1 Å². The molecule has 0 atom stereocenters. The van der Waals surface area contributed by atoms with Gasteiger partial charge in [0, 0.05) is 17.5 Å². The molecule has 0 unspecified atom stereocenters. The van der Waals surface area contributed by atoms with Crippen LogP contribution in [0.15, 0.2) is 48.5 Å². The molecule has 0 aliphatic heterocycles. The van der Waals surface area contributed by atoms with Crippen molar-refractivity contribution in [2.45, 2.75) is 13.8 Å². The second-order valence-electron chi connectivity index (χ2n) is 5.65. The molecule has 1 aromatic heterocycles. The number of nitrogens with one attached hydrogen (secondary N) is 1. The Bertz CT molecular complexity index is 963. The van der Waals surface area contributed by atoms with Crippen molar-refractivity contribution in [3.05, 3.63) is 82.9 Å². The number of hydrogen-bond donors (Lipinski definition) is 1. The number of aromatic nitrogens is 1. The zero-order valence-electron chi connectivity index (χ0n) is 13.6. The highest BCUT2D eigenvalue weighted by Crippen LogP contribution is 2.24. The standard InChI is InChI=1S/C19H15F3N2O/c1-11-9-14(12(2)24(11)18-6-4-3-5-15(18)21)19(25)23-17-8-7-13(20)10-16(17)22/h3-10H,1-2H3,(H,23,25). The number of nitrogens with zero attached hydrogens (tertiary/aromatic N) is 1. The highest BCUT2D eigenvalue weighted by atomic mass is 19.1. The molecule has 0 spiro atoms. The summed E-state index contributed by atoms with van der Waals surface area (Å²) in [4.78, 5) is 12.5. The third-order valence-corrected chi connectivity index (χ3v) is 3.95. The van der Waals surface area contributed by atoms with Crippen LogP contribution in [-0.2, 0) is 0 Å². The maximum atomic E-state index is 14.1. The number of rotatable bonds is 3. The van der Waals surface area contributed by atoms with Gasteiger partial charge in [-0.05, 0) is 44.2 Å². The highest BCUT2D eigenvalue weighted by Gasteiger charge is 2.19. The molecule has 0 aliphatic rings. The number of para-hydroxylation sites is 1. The fraction of sp³-hybridized carbons (Fsp3) is 0.105. The van der Waals surface area contributed by atoms with Crippen molar-refractivity contribution in [3.8, 4) is 5.69 Å². The van der Waals surface area contributed by atoms with Crippen molar-refractivity contribution < 1.29 is 18.0 Å². The number of benzene rings is 2. The van der Waals surface area contributed by atoms with Gasteiger partial charge in [0.2, 0.25) is 0 Å². The maximum Gasteiger partial charge on any atom is 0.257 e.